The van der Waals surface area contributed by atoms with Crippen LogP contribution in [-0.4, -0.2) is 41.1 Å². The van der Waals surface area contributed by atoms with Crippen molar-refractivity contribution in [1.29, 1.82) is 0 Å². The summed E-state index contributed by atoms with van der Waals surface area (Å²) in [4.78, 5) is 27.3. The second kappa shape index (κ2) is 12.4. The zero-order valence-electron chi connectivity index (χ0n) is 18.0. The molecule has 0 radical (unpaired) electrons. The molecule has 2 heterocycles. The number of carbonyl (C=O) groups excluding carboxylic acids is 1. The molecule has 1 aromatic carbocycles. The van der Waals surface area contributed by atoms with E-state index in [0.717, 1.165) is 11.9 Å². The van der Waals surface area contributed by atoms with Gasteiger partial charge in [0.25, 0.3) is 5.91 Å². The fourth-order valence-corrected chi connectivity index (χ4v) is 2.45. The number of nitrogens with one attached hydrogen (secondary N) is 3. The molecule has 1 amide bonds. The standard InChI is InChI=1S/C12H12ClFN4O.C9H12N2O2/c1-7(2)19-10-4-3-8(5-15-10)17-11-9(14)6-16-12(13)18-11;1-10-9(12)7-4-3-5-8(6-7)11-13-2/h3-7H,1-2H3,(H,16,17,18);3-6,11H,1-2H3,(H,10,12). The Morgan fingerprint density at radius 1 is 1.12 bits per heavy atom. The summed E-state index contributed by atoms with van der Waals surface area (Å²) >= 11 is 5.60. The average Bonchev–Trinajstić information content (AvgIpc) is 2.77. The summed E-state index contributed by atoms with van der Waals surface area (Å²) in [6, 6.07) is 10.4. The summed E-state index contributed by atoms with van der Waals surface area (Å²) in [6.07, 6.45) is 2.57. The van der Waals surface area contributed by atoms with Gasteiger partial charge in [-0.3, -0.25) is 15.1 Å². The second-order valence-corrected chi connectivity index (χ2v) is 6.82. The molecule has 3 aromatic rings. The van der Waals surface area contributed by atoms with E-state index in [1.807, 2.05) is 19.9 Å². The van der Waals surface area contributed by atoms with Gasteiger partial charge in [0.05, 0.1) is 37.0 Å². The molecule has 0 saturated carbocycles. The van der Waals surface area contributed by atoms with Crippen LogP contribution >= 0.6 is 11.6 Å². The Balaban J connectivity index is 0.000000244. The fourth-order valence-electron chi connectivity index (χ4n) is 2.32. The molecule has 3 N–H and O–H groups in total. The first-order valence-electron chi connectivity index (χ1n) is 9.51. The number of hydrogen-bond donors (Lipinski definition) is 3. The van der Waals surface area contributed by atoms with E-state index >= 15 is 0 Å². The molecule has 2 aromatic heterocycles. The lowest BCUT2D eigenvalue weighted by molar-refractivity contribution is 0.0963. The molecule has 0 unspecified atom stereocenters. The Morgan fingerprint density at radius 3 is 2.53 bits per heavy atom. The first-order valence-corrected chi connectivity index (χ1v) is 9.89. The molecular weight excluding hydrogens is 439 g/mol. The lowest BCUT2D eigenvalue weighted by Crippen LogP contribution is -2.17. The summed E-state index contributed by atoms with van der Waals surface area (Å²) in [7, 11) is 3.12. The van der Waals surface area contributed by atoms with Crippen molar-refractivity contribution in [3.8, 4) is 5.88 Å². The first-order chi connectivity index (χ1) is 15.3. The van der Waals surface area contributed by atoms with Crippen LogP contribution in [0.25, 0.3) is 0 Å². The molecule has 3 rings (SSSR count). The molecule has 170 valence electrons. The molecule has 9 nitrogen and oxygen atoms in total. The normalized spacial score (nSPS) is 10.1. The molecule has 0 spiro atoms. The van der Waals surface area contributed by atoms with Crippen molar-refractivity contribution in [3.63, 3.8) is 0 Å². The molecule has 0 atom stereocenters. The minimum absolute atomic E-state index is 0.000622. The highest BCUT2D eigenvalue weighted by Crippen LogP contribution is 2.19. The topological polar surface area (TPSA) is 110 Å². The summed E-state index contributed by atoms with van der Waals surface area (Å²) in [5, 5.41) is 5.28. The van der Waals surface area contributed by atoms with Crippen molar-refractivity contribution < 1.29 is 18.8 Å². The number of halogens is 2. The minimum atomic E-state index is -0.591. The van der Waals surface area contributed by atoms with E-state index in [0.29, 0.717) is 17.1 Å². The van der Waals surface area contributed by atoms with Crippen LogP contribution in [0.2, 0.25) is 5.28 Å². The number of anilines is 3. The first kappa shape index (κ1) is 24.8. The number of nitrogens with zero attached hydrogens (tertiary/aromatic N) is 3. The highest BCUT2D eigenvalue weighted by atomic mass is 35.5. The third-order valence-electron chi connectivity index (χ3n) is 3.64. The number of hydrogen-bond acceptors (Lipinski definition) is 8. The molecule has 0 aliphatic heterocycles. The van der Waals surface area contributed by atoms with Gasteiger partial charge < -0.3 is 15.4 Å². The van der Waals surface area contributed by atoms with Gasteiger partial charge >= 0.3 is 0 Å². The van der Waals surface area contributed by atoms with E-state index in [4.69, 9.17) is 21.2 Å². The van der Waals surface area contributed by atoms with Gasteiger partial charge in [-0.25, -0.2) is 14.4 Å². The summed E-state index contributed by atoms with van der Waals surface area (Å²) in [5.74, 6) is -0.201. The Bertz CT molecular complexity index is 1020. The summed E-state index contributed by atoms with van der Waals surface area (Å²) in [6.45, 7) is 3.82. The zero-order chi connectivity index (χ0) is 23.5. The van der Waals surface area contributed by atoms with Gasteiger partial charge in [-0.05, 0) is 49.7 Å². The molecular formula is C21H24ClFN6O3. The highest BCUT2D eigenvalue weighted by molar-refractivity contribution is 6.28. The van der Waals surface area contributed by atoms with E-state index in [2.05, 4.69) is 31.1 Å². The molecule has 0 fully saturated rings. The van der Waals surface area contributed by atoms with E-state index in [1.54, 1.807) is 37.4 Å². The number of carbonyl (C=O) groups is 1. The number of rotatable bonds is 7. The second-order valence-electron chi connectivity index (χ2n) is 6.48. The van der Waals surface area contributed by atoms with Crippen LogP contribution < -0.4 is 20.9 Å². The lowest BCUT2D eigenvalue weighted by atomic mass is 10.2. The maximum Gasteiger partial charge on any atom is 0.251 e. The lowest BCUT2D eigenvalue weighted by Gasteiger charge is -2.10. The van der Waals surface area contributed by atoms with Crippen LogP contribution in [0.5, 0.6) is 5.88 Å². The van der Waals surface area contributed by atoms with Crippen molar-refractivity contribution in [1.82, 2.24) is 20.3 Å². The largest absolute Gasteiger partial charge is 0.475 e. The smallest absolute Gasteiger partial charge is 0.251 e. The van der Waals surface area contributed by atoms with E-state index in [1.165, 1.54) is 13.3 Å². The van der Waals surface area contributed by atoms with Crippen LogP contribution in [0.1, 0.15) is 24.2 Å². The number of pyridine rings is 1. The van der Waals surface area contributed by atoms with Gasteiger partial charge in [0.15, 0.2) is 11.6 Å². The maximum absolute atomic E-state index is 13.4. The molecule has 32 heavy (non-hydrogen) atoms. The van der Waals surface area contributed by atoms with Crippen LogP contribution in [-0.2, 0) is 4.84 Å². The van der Waals surface area contributed by atoms with Gasteiger partial charge in [0.1, 0.15) is 0 Å². The van der Waals surface area contributed by atoms with Gasteiger partial charge in [-0.1, -0.05) is 6.07 Å². The van der Waals surface area contributed by atoms with Gasteiger partial charge in [0.2, 0.25) is 11.2 Å². The number of amides is 1. The summed E-state index contributed by atoms with van der Waals surface area (Å²) < 4.78 is 18.8. The maximum atomic E-state index is 13.4. The average molecular weight is 463 g/mol. The molecule has 0 aliphatic rings. The quantitative estimate of drug-likeness (QED) is 0.353. The van der Waals surface area contributed by atoms with Crippen molar-refractivity contribution in [2.24, 2.45) is 0 Å². The van der Waals surface area contributed by atoms with Gasteiger partial charge in [-0.2, -0.15) is 4.98 Å². The summed E-state index contributed by atoms with van der Waals surface area (Å²) in [5.41, 5.74) is 4.58. The van der Waals surface area contributed by atoms with Gasteiger partial charge in [0, 0.05) is 18.7 Å². The highest BCUT2D eigenvalue weighted by Gasteiger charge is 2.07. The third-order valence-corrected chi connectivity index (χ3v) is 3.82. The molecule has 0 bridgehead atoms. The van der Waals surface area contributed by atoms with Crippen molar-refractivity contribution in [2.75, 3.05) is 25.0 Å². The SMILES string of the molecule is CC(C)Oc1ccc(Nc2nc(Cl)ncc2F)cn1.CNC(=O)c1cccc(NOC)c1. The molecule has 11 heteroatoms. The number of aromatic nitrogens is 3. The van der Waals surface area contributed by atoms with Crippen molar-refractivity contribution >= 4 is 34.7 Å². The Kier molecular flexibility index (Phi) is 9.58. The molecule has 0 saturated heterocycles. The Morgan fingerprint density at radius 2 is 1.91 bits per heavy atom. The fraction of sp³-hybridized carbons (Fsp3) is 0.238. The third kappa shape index (κ3) is 7.97. The number of ether oxygens (including phenoxy) is 1. The Labute approximate surface area is 190 Å². The van der Waals surface area contributed by atoms with Crippen LogP contribution in [0.15, 0.2) is 48.8 Å². The van der Waals surface area contributed by atoms with Crippen LogP contribution in [0.3, 0.4) is 0 Å². The Hall–Kier alpha value is -3.50. The predicted octanol–water partition coefficient (Wildman–Crippen LogP) is 4.21. The van der Waals surface area contributed by atoms with Crippen LogP contribution in [0.4, 0.5) is 21.6 Å². The van der Waals surface area contributed by atoms with Gasteiger partial charge in [-0.15, -0.1) is 0 Å². The van der Waals surface area contributed by atoms with Crippen molar-refractivity contribution in [3.05, 3.63) is 65.5 Å². The van der Waals surface area contributed by atoms with Crippen LogP contribution in [0, 0.1) is 5.82 Å². The molecule has 0 aliphatic carbocycles. The minimum Gasteiger partial charge on any atom is -0.475 e. The zero-order valence-corrected chi connectivity index (χ0v) is 18.8. The van der Waals surface area contributed by atoms with Crippen molar-refractivity contribution in [2.45, 2.75) is 20.0 Å². The van der Waals surface area contributed by atoms with E-state index in [9.17, 15) is 9.18 Å². The monoisotopic (exact) mass is 462 g/mol. The predicted molar refractivity (Wildman–Crippen MR) is 121 cm³/mol. The van der Waals surface area contributed by atoms with E-state index in [-0.39, 0.29) is 23.1 Å². The van der Waals surface area contributed by atoms with E-state index < -0.39 is 5.82 Å². The number of benzene rings is 1.